The van der Waals surface area contributed by atoms with E-state index in [4.69, 9.17) is 0 Å². The smallest absolute Gasteiger partial charge is 0.0450 e. The molecule has 2 aromatic rings. The van der Waals surface area contributed by atoms with Gasteiger partial charge in [-0.25, -0.2) is 0 Å². The predicted octanol–water partition coefficient (Wildman–Crippen LogP) is 2.93. The summed E-state index contributed by atoms with van der Waals surface area (Å²) >= 11 is 0. The van der Waals surface area contributed by atoms with Crippen molar-refractivity contribution in [2.24, 2.45) is 0 Å². The van der Waals surface area contributed by atoms with Crippen molar-refractivity contribution >= 4 is 0 Å². The Morgan fingerprint density at radius 1 is 1.17 bits per heavy atom. The lowest BCUT2D eigenvalue weighted by molar-refractivity contribution is 0.471. The lowest BCUT2D eigenvalue weighted by atomic mass is 9.92. The zero-order valence-electron chi connectivity index (χ0n) is 10.9. The third-order valence-corrected chi connectivity index (χ3v) is 3.12. The number of aromatic nitrogens is 2. The van der Waals surface area contributed by atoms with Crippen LogP contribution >= 0.6 is 0 Å². The third-order valence-electron chi connectivity index (χ3n) is 3.12. The Morgan fingerprint density at radius 2 is 2.06 bits per heavy atom. The van der Waals surface area contributed by atoms with E-state index in [1.165, 1.54) is 5.56 Å². The summed E-state index contributed by atoms with van der Waals surface area (Å²) in [6.45, 7) is 5.24. The van der Waals surface area contributed by atoms with E-state index in [9.17, 15) is 0 Å². The van der Waals surface area contributed by atoms with E-state index < -0.39 is 0 Å². The van der Waals surface area contributed by atoms with E-state index in [1.54, 1.807) is 6.20 Å². The number of nitrogens with zero attached hydrogens (tertiary/aromatic N) is 2. The van der Waals surface area contributed by atoms with Crippen LogP contribution in [-0.4, -0.2) is 16.5 Å². The fourth-order valence-electron chi connectivity index (χ4n) is 2.18. The van der Waals surface area contributed by atoms with Crippen molar-refractivity contribution in [2.75, 3.05) is 6.54 Å². The fraction of sp³-hybridized carbons (Fsp3) is 0.333. The molecule has 0 radical (unpaired) electrons. The van der Waals surface area contributed by atoms with E-state index in [-0.39, 0.29) is 6.04 Å². The van der Waals surface area contributed by atoms with E-state index in [0.29, 0.717) is 5.92 Å². The number of likely N-dealkylation sites (N-methyl/N-ethyl adjacent to an activating group) is 1. The van der Waals surface area contributed by atoms with Crippen LogP contribution < -0.4 is 5.32 Å². The molecule has 2 aromatic heterocycles. The highest BCUT2D eigenvalue weighted by Crippen LogP contribution is 2.28. The lowest BCUT2D eigenvalue weighted by Crippen LogP contribution is -2.26. The molecule has 0 aliphatic carbocycles. The minimum absolute atomic E-state index is 0.249. The zero-order valence-corrected chi connectivity index (χ0v) is 10.9. The van der Waals surface area contributed by atoms with Crippen LogP contribution in [0.25, 0.3) is 0 Å². The first-order valence-electron chi connectivity index (χ1n) is 6.37. The first kappa shape index (κ1) is 12.7. The minimum atomic E-state index is 0.249. The first-order chi connectivity index (χ1) is 8.83. The van der Waals surface area contributed by atoms with Crippen LogP contribution in [0, 0.1) is 0 Å². The van der Waals surface area contributed by atoms with Gasteiger partial charge in [0, 0.05) is 36.2 Å². The summed E-state index contributed by atoms with van der Waals surface area (Å²) in [6.07, 6.45) is 5.57. The summed E-state index contributed by atoms with van der Waals surface area (Å²) < 4.78 is 0. The number of hydrogen-bond acceptors (Lipinski definition) is 3. The van der Waals surface area contributed by atoms with Crippen molar-refractivity contribution in [2.45, 2.75) is 25.8 Å². The van der Waals surface area contributed by atoms with Gasteiger partial charge < -0.3 is 5.32 Å². The molecule has 18 heavy (non-hydrogen) atoms. The highest BCUT2D eigenvalue weighted by Gasteiger charge is 2.20. The van der Waals surface area contributed by atoms with Gasteiger partial charge in [0.05, 0.1) is 0 Å². The molecular weight excluding hydrogens is 222 g/mol. The van der Waals surface area contributed by atoms with Crippen LogP contribution in [0.15, 0.2) is 48.9 Å². The summed E-state index contributed by atoms with van der Waals surface area (Å²) in [7, 11) is 0. The quantitative estimate of drug-likeness (QED) is 0.874. The molecule has 0 aromatic carbocycles. The number of rotatable bonds is 5. The molecule has 0 amide bonds. The Bertz CT molecular complexity index is 456. The molecule has 94 valence electrons. The molecule has 3 heteroatoms. The summed E-state index contributed by atoms with van der Waals surface area (Å²) in [4.78, 5) is 8.65. The lowest BCUT2D eigenvalue weighted by Gasteiger charge is -2.24. The molecule has 0 aliphatic rings. The van der Waals surface area contributed by atoms with Crippen LogP contribution in [0.3, 0.4) is 0 Å². The SMILES string of the molecule is CCNC(c1cccnc1)C(C)c1ccccn1. The van der Waals surface area contributed by atoms with Gasteiger partial charge in [0.2, 0.25) is 0 Å². The molecule has 2 heterocycles. The van der Waals surface area contributed by atoms with Crippen molar-refractivity contribution in [1.82, 2.24) is 15.3 Å². The average Bonchev–Trinajstić information content (AvgIpc) is 2.46. The molecule has 2 atom stereocenters. The van der Waals surface area contributed by atoms with Crippen molar-refractivity contribution < 1.29 is 0 Å². The van der Waals surface area contributed by atoms with Crippen LogP contribution in [0.5, 0.6) is 0 Å². The second-order valence-electron chi connectivity index (χ2n) is 4.36. The Hall–Kier alpha value is -1.74. The molecule has 0 saturated carbocycles. The third kappa shape index (κ3) is 2.93. The van der Waals surface area contributed by atoms with Crippen molar-refractivity contribution in [1.29, 1.82) is 0 Å². The molecule has 2 rings (SSSR count). The highest BCUT2D eigenvalue weighted by atomic mass is 14.9. The van der Waals surface area contributed by atoms with Crippen molar-refractivity contribution in [3.8, 4) is 0 Å². The highest BCUT2D eigenvalue weighted by molar-refractivity contribution is 5.21. The van der Waals surface area contributed by atoms with Crippen LogP contribution in [0.1, 0.15) is 37.1 Å². The molecule has 2 unspecified atom stereocenters. The molecule has 0 spiro atoms. The molecule has 0 saturated heterocycles. The molecular formula is C15H19N3. The normalized spacial score (nSPS) is 14.1. The summed E-state index contributed by atoms with van der Waals surface area (Å²) in [5.74, 6) is 0.315. The maximum Gasteiger partial charge on any atom is 0.0450 e. The molecule has 3 nitrogen and oxygen atoms in total. The maximum atomic E-state index is 4.45. The second-order valence-corrected chi connectivity index (χ2v) is 4.36. The Kier molecular flexibility index (Phi) is 4.42. The van der Waals surface area contributed by atoms with Gasteiger partial charge in [0.1, 0.15) is 0 Å². The molecule has 0 fully saturated rings. The summed E-state index contributed by atoms with van der Waals surface area (Å²) in [5.41, 5.74) is 2.31. The molecule has 1 N–H and O–H groups in total. The number of nitrogens with one attached hydrogen (secondary N) is 1. The van der Waals surface area contributed by atoms with Crippen LogP contribution in [0.4, 0.5) is 0 Å². The van der Waals surface area contributed by atoms with Gasteiger partial charge in [-0.15, -0.1) is 0 Å². The van der Waals surface area contributed by atoms with Gasteiger partial charge in [-0.3, -0.25) is 9.97 Å². The fourth-order valence-corrected chi connectivity index (χ4v) is 2.18. The van der Waals surface area contributed by atoms with Crippen LogP contribution in [0.2, 0.25) is 0 Å². The van der Waals surface area contributed by atoms with E-state index in [2.05, 4.69) is 41.3 Å². The van der Waals surface area contributed by atoms with Gasteiger partial charge in [0.25, 0.3) is 0 Å². The standard InChI is InChI=1S/C15H19N3/c1-3-17-15(13-7-6-9-16-11-13)12(2)14-8-4-5-10-18-14/h4-12,15,17H,3H2,1-2H3. The van der Waals surface area contributed by atoms with E-state index in [0.717, 1.165) is 12.2 Å². The molecule has 0 bridgehead atoms. The molecule has 0 aliphatic heterocycles. The average molecular weight is 241 g/mol. The monoisotopic (exact) mass is 241 g/mol. The Labute approximate surface area is 108 Å². The largest absolute Gasteiger partial charge is 0.310 e. The summed E-state index contributed by atoms with van der Waals surface area (Å²) in [6, 6.07) is 10.4. The van der Waals surface area contributed by atoms with Gasteiger partial charge in [0.15, 0.2) is 0 Å². The van der Waals surface area contributed by atoms with E-state index in [1.807, 2.05) is 30.6 Å². The number of pyridine rings is 2. The predicted molar refractivity (Wildman–Crippen MR) is 73.3 cm³/mol. The van der Waals surface area contributed by atoms with Gasteiger partial charge in [-0.05, 0) is 30.3 Å². The van der Waals surface area contributed by atoms with Gasteiger partial charge in [-0.1, -0.05) is 26.0 Å². The second kappa shape index (κ2) is 6.26. The zero-order chi connectivity index (χ0) is 12.8. The van der Waals surface area contributed by atoms with E-state index >= 15 is 0 Å². The van der Waals surface area contributed by atoms with Crippen molar-refractivity contribution in [3.63, 3.8) is 0 Å². The van der Waals surface area contributed by atoms with Gasteiger partial charge >= 0.3 is 0 Å². The topological polar surface area (TPSA) is 37.8 Å². The minimum Gasteiger partial charge on any atom is -0.310 e. The summed E-state index contributed by atoms with van der Waals surface area (Å²) in [5, 5.41) is 3.52. The van der Waals surface area contributed by atoms with Crippen molar-refractivity contribution in [3.05, 3.63) is 60.2 Å². The Morgan fingerprint density at radius 3 is 2.67 bits per heavy atom. The van der Waals surface area contributed by atoms with Crippen LogP contribution in [-0.2, 0) is 0 Å². The maximum absolute atomic E-state index is 4.45. The Balaban J connectivity index is 2.26. The van der Waals surface area contributed by atoms with Gasteiger partial charge in [-0.2, -0.15) is 0 Å². The number of hydrogen-bond donors (Lipinski definition) is 1. The first-order valence-corrected chi connectivity index (χ1v) is 6.37.